The third kappa shape index (κ3) is 4.25. The van der Waals surface area contributed by atoms with E-state index in [1.165, 1.54) is 24.9 Å². The summed E-state index contributed by atoms with van der Waals surface area (Å²) >= 11 is 0. The average molecular weight is 316 g/mol. The largest absolute Gasteiger partial charge is 0.381 e. The van der Waals surface area contributed by atoms with Gasteiger partial charge in [0.05, 0.1) is 6.10 Å². The molecule has 2 fully saturated rings. The lowest BCUT2D eigenvalue weighted by molar-refractivity contribution is -0.120. The minimum atomic E-state index is 0.193. The van der Waals surface area contributed by atoms with Crippen molar-refractivity contribution in [2.75, 3.05) is 30.4 Å². The number of nitrogens with one attached hydrogen (secondary N) is 1. The van der Waals surface area contributed by atoms with Crippen molar-refractivity contribution in [3.05, 3.63) is 24.3 Å². The SMILES string of the molecule is COC1CCN(c2ccc(NC(=O)C3CCCCC3)cc2)CC1. The number of anilines is 2. The highest BCUT2D eigenvalue weighted by Crippen LogP contribution is 2.26. The molecule has 1 amide bonds. The van der Waals surface area contributed by atoms with E-state index in [1.54, 1.807) is 7.11 Å². The van der Waals surface area contributed by atoms with Gasteiger partial charge in [0.15, 0.2) is 0 Å². The predicted octanol–water partition coefficient (Wildman–Crippen LogP) is 3.82. The van der Waals surface area contributed by atoms with Crippen LogP contribution in [-0.2, 0) is 9.53 Å². The maximum absolute atomic E-state index is 12.3. The van der Waals surface area contributed by atoms with E-state index in [4.69, 9.17) is 4.74 Å². The molecule has 126 valence electrons. The summed E-state index contributed by atoms with van der Waals surface area (Å²) in [7, 11) is 1.80. The second-order valence-corrected chi connectivity index (χ2v) is 6.79. The number of piperidine rings is 1. The Morgan fingerprint density at radius 2 is 1.70 bits per heavy atom. The molecule has 1 aromatic rings. The summed E-state index contributed by atoms with van der Waals surface area (Å²) in [6, 6.07) is 8.28. The highest BCUT2D eigenvalue weighted by atomic mass is 16.5. The molecule has 0 unspecified atom stereocenters. The number of benzene rings is 1. The van der Waals surface area contributed by atoms with Gasteiger partial charge in [-0.05, 0) is 49.9 Å². The number of rotatable bonds is 4. The van der Waals surface area contributed by atoms with Crippen molar-refractivity contribution in [3.63, 3.8) is 0 Å². The van der Waals surface area contributed by atoms with Crippen LogP contribution >= 0.6 is 0 Å². The van der Waals surface area contributed by atoms with Gasteiger partial charge >= 0.3 is 0 Å². The molecule has 4 nitrogen and oxygen atoms in total. The Kier molecular flexibility index (Phi) is 5.55. The fourth-order valence-corrected chi connectivity index (χ4v) is 3.71. The number of nitrogens with zero attached hydrogens (tertiary/aromatic N) is 1. The first-order valence-corrected chi connectivity index (χ1v) is 8.95. The zero-order chi connectivity index (χ0) is 16.1. The standard InChI is InChI=1S/C19H28N2O2/c1-23-18-11-13-21(14-12-18)17-9-7-16(8-10-17)20-19(22)15-5-3-2-4-6-15/h7-10,15,18H,2-6,11-14H2,1H3,(H,20,22). The van der Waals surface area contributed by atoms with E-state index in [2.05, 4.69) is 22.3 Å². The molecular formula is C19H28N2O2. The monoisotopic (exact) mass is 316 g/mol. The Morgan fingerprint density at radius 1 is 1.04 bits per heavy atom. The number of hydrogen-bond donors (Lipinski definition) is 1. The van der Waals surface area contributed by atoms with E-state index in [9.17, 15) is 4.79 Å². The number of hydrogen-bond acceptors (Lipinski definition) is 3. The molecule has 1 saturated heterocycles. The Bertz CT molecular complexity index is 501. The number of amides is 1. The Labute approximate surface area is 139 Å². The van der Waals surface area contributed by atoms with Crippen molar-refractivity contribution in [1.29, 1.82) is 0 Å². The second-order valence-electron chi connectivity index (χ2n) is 6.79. The summed E-state index contributed by atoms with van der Waals surface area (Å²) in [5.74, 6) is 0.398. The minimum Gasteiger partial charge on any atom is -0.381 e. The van der Waals surface area contributed by atoms with Crippen LogP contribution in [0.4, 0.5) is 11.4 Å². The molecule has 0 radical (unpaired) electrons. The van der Waals surface area contributed by atoms with E-state index < -0.39 is 0 Å². The molecule has 23 heavy (non-hydrogen) atoms. The van der Waals surface area contributed by atoms with Crippen LogP contribution in [0.5, 0.6) is 0 Å². The van der Waals surface area contributed by atoms with Gasteiger partial charge in [-0.15, -0.1) is 0 Å². The molecule has 4 heteroatoms. The fraction of sp³-hybridized carbons (Fsp3) is 0.632. The van der Waals surface area contributed by atoms with Crippen LogP contribution in [0.15, 0.2) is 24.3 Å². The van der Waals surface area contributed by atoms with E-state index >= 15 is 0 Å². The van der Waals surface area contributed by atoms with E-state index in [0.29, 0.717) is 6.10 Å². The summed E-state index contributed by atoms with van der Waals surface area (Å²) in [5, 5.41) is 3.08. The Balaban J connectivity index is 1.53. The molecule has 1 N–H and O–H groups in total. The number of ether oxygens (including phenoxy) is 1. The molecule has 0 bridgehead atoms. The molecule has 1 saturated carbocycles. The highest BCUT2D eigenvalue weighted by molar-refractivity contribution is 5.92. The molecule has 2 aliphatic rings. The van der Waals surface area contributed by atoms with Gasteiger partial charge in [-0.25, -0.2) is 0 Å². The number of carbonyl (C=O) groups is 1. The summed E-state index contributed by atoms with van der Waals surface area (Å²) in [6.07, 6.45) is 8.30. The van der Waals surface area contributed by atoms with Gasteiger partial charge < -0.3 is 15.0 Å². The van der Waals surface area contributed by atoms with Crippen molar-refractivity contribution in [3.8, 4) is 0 Å². The van der Waals surface area contributed by atoms with E-state index in [-0.39, 0.29) is 11.8 Å². The number of carbonyl (C=O) groups excluding carboxylic acids is 1. The van der Waals surface area contributed by atoms with Crippen LogP contribution in [0, 0.1) is 5.92 Å². The molecule has 1 heterocycles. The van der Waals surface area contributed by atoms with Gasteiger partial charge in [0.1, 0.15) is 0 Å². The van der Waals surface area contributed by atoms with Crippen LogP contribution in [-0.4, -0.2) is 32.2 Å². The van der Waals surface area contributed by atoms with Gasteiger partial charge in [0.2, 0.25) is 5.91 Å². The molecule has 1 aromatic carbocycles. The number of methoxy groups -OCH3 is 1. The molecule has 0 spiro atoms. The molecular weight excluding hydrogens is 288 g/mol. The maximum Gasteiger partial charge on any atom is 0.227 e. The Hall–Kier alpha value is -1.55. The zero-order valence-electron chi connectivity index (χ0n) is 14.1. The summed E-state index contributed by atoms with van der Waals surface area (Å²) in [6.45, 7) is 2.07. The van der Waals surface area contributed by atoms with Gasteiger partial charge in [0.25, 0.3) is 0 Å². The first kappa shape index (κ1) is 16.3. The van der Waals surface area contributed by atoms with Crippen LogP contribution in [0.25, 0.3) is 0 Å². The van der Waals surface area contributed by atoms with Crippen LogP contribution in [0.1, 0.15) is 44.9 Å². The first-order chi connectivity index (χ1) is 11.3. The van der Waals surface area contributed by atoms with Crippen molar-refractivity contribution >= 4 is 17.3 Å². The lowest BCUT2D eigenvalue weighted by Gasteiger charge is -2.33. The quantitative estimate of drug-likeness (QED) is 0.918. The van der Waals surface area contributed by atoms with Crippen LogP contribution < -0.4 is 10.2 Å². The average Bonchev–Trinajstić information content (AvgIpc) is 2.63. The normalized spacial score (nSPS) is 20.5. The summed E-state index contributed by atoms with van der Waals surface area (Å²) < 4.78 is 5.42. The molecule has 0 aromatic heterocycles. The van der Waals surface area contributed by atoms with Gasteiger partial charge in [-0.1, -0.05) is 19.3 Å². The molecule has 3 rings (SSSR count). The summed E-state index contributed by atoms with van der Waals surface area (Å²) in [5.41, 5.74) is 2.14. The lowest BCUT2D eigenvalue weighted by Crippen LogP contribution is -2.36. The van der Waals surface area contributed by atoms with Crippen LogP contribution in [0.3, 0.4) is 0 Å². The third-order valence-electron chi connectivity index (χ3n) is 5.25. The molecule has 1 aliphatic heterocycles. The smallest absolute Gasteiger partial charge is 0.227 e. The van der Waals surface area contributed by atoms with Crippen molar-refractivity contribution in [2.45, 2.75) is 51.0 Å². The molecule has 0 atom stereocenters. The fourth-order valence-electron chi connectivity index (χ4n) is 3.71. The summed E-state index contributed by atoms with van der Waals surface area (Å²) in [4.78, 5) is 14.7. The van der Waals surface area contributed by atoms with Crippen molar-refractivity contribution in [2.24, 2.45) is 5.92 Å². The zero-order valence-corrected chi connectivity index (χ0v) is 14.1. The maximum atomic E-state index is 12.3. The predicted molar refractivity (Wildman–Crippen MR) is 93.9 cm³/mol. The van der Waals surface area contributed by atoms with Crippen molar-refractivity contribution < 1.29 is 9.53 Å². The van der Waals surface area contributed by atoms with Gasteiger partial charge in [-0.3, -0.25) is 4.79 Å². The third-order valence-corrected chi connectivity index (χ3v) is 5.25. The highest BCUT2D eigenvalue weighted by Gasteiger charge is 2.21. The topological polar surface area (TPSA) is 41.6 Å². The van der Waals surface area contributed by atoms with Gasteiger partial charge in [0, 0.05) is 37.5 Å². The molecule has 1 aliphatic carbocycles. The van der Waals surface area contributed by atoms with Gasteiger partial charge in [-0.2, -0.15) is 0 Å². The van der Waals surface area contributed by atoms with Crippen LogP contribution in [0.2, 0.25) is 0 Å². The van der Waals surface area contributed by atoms with E-state index in [0.717, 1.165) is 44.5 Å². The lowest BCUT2D eigenvalue weighted by atomic mass is 9.88. The second kappa shape index (κ2) is 7.82. The van der Waals surface area contributed by atoms with Crippen molar-refractivity contribution in [1.82, 2.24) is 0 Å². The Morgan fingerprint density at radius 3 is 2.30 bits per heavy atom. The minimum absolute atomic E-state index is 0.193. The van der Waals surface area contributed by atoms with E-state index in [1.807, 2.05) is 12.1 Å². The first-order valence-electron chi connectivity index (χ1n) is 8.95.